The van der Waals surface area contributed by atoms with Crippen LogP contribution in [-0.2, 0) is 4.74 Å². The highest BCUT2D eigenvalue weighted by molar-refractivity contribution is 5.38. The minimum atomic E-state index is -0.830. The summed E-state index contributed by atoms with van der Waals surface area (Å²) in [6.07, 6.45) is 13.4. The van der Waals surface area contributed by atoms with Crippen LogP contribution in [0.15, 0.2) is 34.9 Å². The zero-order valence-electron chi connectivity index (χ0n) is 22.7. The first-order valence-electron chi connectivity index (χ1n) is 13.9. The monoisotopic (exact) mass is 490 g/mol. The maximum atomic E-state index is 10.8. The van der Waals surface area contributed by atoms with E-state index in [-0.39, 0.29) is 6.61 Å². The van der Waals surface area contributed by atoms with Gasteiger partial charge < -0.3 is 25.2 Å². The zero-order valence-corrected chi connectivity index (χ0v) is 22.7. The Labute approximate surface area is 213 Å². The third-order valence-electron chi connectivity index (χ3n) is 9.17. The standard InChI is InChI=1S/C30H50O5/c1-20(9-6-15-29(3,4)34)24-13-14-25-22(10-7-16-30(24,25)5)11-12-23-19-26(32)28(27(33)21(23)2)35-18-8-17-31/h10-12,20,24-28,31-34H,6-9,13-19H2,1-5H3/b12-11-/t20-,24-,25+,26-,27-,28+,30-/m1/s1. The van der Waals surface area contributed by atoms with Crippen LogP contribution in [-0.4, -0.2) is 57.6 Å². The van der Waals surface area contributed by atoms with Crippen molar-refractivity contribution in [1.29, 1.82) is 0 Å². The van der Waals surface area contributed by atoms with Gasteiger partial charge in [-0.1, -0.05) is 44.9 Å². The van der Waals surface area contributed by atoms with E-state index in [0.29, 0.717) is 42.6 Å². The van der Waals surface area contributed by atoms with Crippen molar-refractivity contribution < 1.29 is 25.2 Å². The molecule has 0 heterocycles. The van der Waals surface area contributed by atoms with Crippen molar-refractivity contribution in [2.75, 3.05) is 13.2 Å². The molecule has 0 radical (unpaired) electrons. The van der Waals surface area contributed by atoms with Crippen molar-refractivity contribution in [2.45, 2.75) is 116 Å². The molecule has 4 N–H and O–H groups in total. The third-order valence-corrected chi connectivity index (χ3v) is 9.17. The molecule has 5 nitrogen and oxygen atoms in total. The summed E-state index contributed by atoms with van der Waals surface area (Å²) >= 11 is 0. The zero-order chi connectivity index (χ0) is 25.8. The lowest BCUT2D eigenvalue weighted by molar-refractivity contribution is -0.0958. The molecule has 0 bridgehead atoms. The van der Waals surface area contributed by atoms with E-state index >= 15 is 0 Å². The summed E-state index contributed by atoms with van der Waals surface area (Å²) in [5.41, 5.74) is 3.00. The van der Waals surface area contributed by atoms with Crippen LogP contribution in [0, 0.1) is 23.2 Å². The van der Waals surface area contributed by atoms with Gasteiger partial charge in [0.2, 0.25) is 0 Å². The average molecular weight is 491 g/mol. The highest BCUT2D eigenvalue weighted by Crippen LogP contribution is 2.58. The smallest absolute Gasteiger partial charge is 0.113 e. The summed E-state index contributed by atoms with van der Waals surface area (Å²) in [5.74, 6) is 1.93. The molecule has 3 aliphatic rings. The lowest BCUT2D eigenvalue weighted by atomic mass is 9.62. The Morgan fingerprint density at radius 2 is 1.94 bits per heavy atom. The molecule has 1 fully saturated rings. The first kappa shape index (κ1) is 28.6. The third kappa shape index (κ3) is 6.87. The number of aliphatic hydroxyl groups excluding tert-OH is 3. The van der Waals surface area contributed by atoms with E-state index in [2.05, 4.69) is 32.1 Å². The molecule has 0 unspecified atom stereocenters. The summed E-state index contributed by atoms with van der Waals surface area (Å²) < 4.78 is 5.67. The van der Waals surface area contributed by atoms with Gasteiger partial charge in [0.25, 0.3) is 0 Å². The fourth-order valence-corrected chi connectivity index (χ4v) is 7.07. The van der Waals surface area contributed by atoms with Gasteiger partial charge in [0.1, 0.15) is 12.2 Å². The summed E-state index contributed by atoms with van der Waals surface area (Å²) in [6, 6.07) is 0. The fraction of sp³-hybridized carbons (Fsp3) is 0.800. The SMILES string of the molecule is CC1=C(/C=C\C2=CCC[C@]3(C)[C@@H]([C@H](C)CCCC(C)(C)O)CC[C@@H]23)C[C@@H](O)[C@H](OCCCO)[C@@H]1O. The molecule has 0 aromatic heterocycles. The Kier molecular flexibility index (Phi) is 9.84. The van der Waals surface area contributed by atoms with Crippen molar-refractivity contribution in [3.05, 3.63) is 34.9 Å². The topological polar surface area (TPSA) is 90.2 Å². The summed E-state index contributed by atoms with van der Waals surface area (Å²) in [7, 11) is 0. The molecule has 0 saturated heterocycles. The van der Waals surface area contributed by atoms with Crippen LogP contribution < -0.4 is 0 Å². The predicted molar refractivity (Wildman–Crippen MR) is 141 cm³/mol. The number of hydrogen-bond donors (Lipinski definition) is 4. The molecule has 200 valence electrons. The van der Waals surface area contributed by atoms with Crippen LogP contribution in [0.1, 0.15) is 92.4 Å². The second kappa shape index (κ2) is 12.0. The van der Waals surface area contributed by atoms with E-state index in [1.165, 1.54) is 31.3 Å². The molecule has 1 saturated carbocycles. The molecule has 0 amide bonds. The van der Waals surface area contributed by atoms with Crippen LogP contribution >= 0.6 is 0 Å². The molecular weight excluding hydrogens is 440 g/mol. The van der Waals surface area contributed by atoms with Gasteiger partial charge in [0.05, 0.1) is 11.7 Å². The lowest BCUT2D eigenvalue weighted by Crippen LogP contribution is -2.44. The Bertz CT molecular complexity index is 791. The quantitative estimate of drug-likeness (QED) is 0.303. The van der Waals surface area contributed by atoms with E-state index in [4.69, 9.17) is 9.84 Å². The van der Waals surface area contributed by atoms with Gasteiger partial charge in [-0.3, -0.25) is 0 Å². The number of fused-ring (bicyclic) bond motifs is 1. The molecular formula is C30H50O5. The summed E-state index contributed by atoms with van der Waals surface area (Å²) in [4.78, 5) is 0. The Balaban J connectivity index is 1.66. The molecule has 3 aliphatic carbocycles. The highest BCUT2D eigenvalue weighted by Gasteiger charge is 2.49. The fourth-order valence-electron chi connectivity index (χ4n) is 7.07. The van der Waals surface area contributed by atoms with Crippen LogP contribution in [0.3, 0.4) is 0 Å². The summed E-state index contributed by atoms with van der Waals surface area (Å²) in [5, 5.41) is 40.4. The number of aliphatic hydroxyl groups is 4. The van der Waals surface area contributed by atoms with Crippen LogP contribution in [0.5, 0.6) is 0 Å². The Hall–Kier alpha value is -0.980. The Morgan fingerprint density at radius 1 is 1.20 bits per heavy atom. The van der Waals surface area contributed by atoms with E-state index in [1.54, 1.807) is 0 Å². The molecule has 35 heavy (non-hydrogen) atoms. The van der Waals surface area contributed by atoms with Gasteiger partial charge in [-0.25, -0.2) is 0 Å². The second-order valence-electron chi connectivity index (χ2n) is 12.3. The first-order chi connectivity index (χ1) is 16.5. The molecule has 0 spiro atoms. The normalized spacial score (nSPS) is 34.9. The molecule has 7 atom stereocenters. The van der Waals surface area contributed by atoms with E-state index < -0.39 is 23.9 Å². The lowest BCUT2D eigenvalue weighted by Gasteiger charge is -2.43. The average Bonchev–Trinajstić information content (AvgIpc) is 3.14. The largest absolute Gasteiger partial charge is 0.396 e. The van der Waals surface area contributed by atoms with Gasteiger partial charge in [-0.05, 0) is 99.2 Å². The van der Waals surface area contributed by atoms with Crippen LogP contribution in [0.4, 0.5) is 0 Å². The van der Waals surface area contributed by atoms with Crippen molar-refractivity contribution in [3.63, 3.8) is 0 Å². The molecule has 0 aromatic carbocycles. The molecule has 5 heteroatoms. The molecule has 0 aromatic rings. The van der Waals surface area contributed by atoms with Crippen molar-refractivity contribution in [3.8, 4) is 0 Å². The minimum Gasteiger partial charge on any atom is -0.396 e. The molecule has 3 rings (SSSR count). The first-order valence-corrected chi connectivity index (χ1v) is 13.9. The van der Waals surface area contributed by atoms with Crippen molar-refractivity contribution in [1.82, 2.24) is 0 Å². The van der Waals surface area contributed by atoms with Gasteiger partial charge in [0, 0.05) is 19.6 Å². The van der Waals surface area contributed by atoms with Gasteiger partial charge in [-0.2, -0.15) is 0 Å². The van der Waals surface area contributed by atoms with Crippen LogP contribution in [0.25, 0.3) is 0 Å². The number of ether oxygens (including phenoxy) is 1. The van der Waals surface area contributed by atoms with Gasteiger partial charge in [-0.15, -0.1) is 0 Å². The summed E-state index contributed by atoms with van der Waals surface area (Å²) in [6.45, 7) is 11.0. The number of rotatable bonds is 11. The van der Waals surface area contributed by atoms with Gasteiger partial charge in [0.15, 0.2) is 0 Å². The predicted octanol–water partition coefficient (Wildman–Crippen LogP) is 5.08. The highest BCUT2D eigenvalue weighted by atomic mass is 16.5. The van der Waals surface area contributed by atoms with Crippen LogP contribution in [0.2, 0.25) is 0 Å². The van der Waals surface area contributed by atoms with Gasteiger partial charge >= 0.3 is 0 Å². The number of allylic oxidation sites excluding steroid dienone is 4. The van der Waals surface area contributed by atoms with Crippen molar-refractivity contribution in [2.24, 2.45) is 23.2 Å². The maximum Gasteiger partial charge on any atom is 0.113 e. The van der Waals surface area contributed by atoms with Crippen molar-refractivity contribution >= 4 is 0 Å². The molecule has 0 aliphatic heterocycles. The van der Waals surface area contributed by atoms with E-state index in [9.17, 15) is 15.3 Å². The Morgan fingerprint density at radius 3 is 2.63 bits per heavy atom. The maximum absolute atomic E-state index is 10.8. The van der Waals surface area contributed by atoms with E-state index in [0.717, 1.165) is 30.4 Å². The second-order valence-corrected chi connectivity index (χ2v) is 12.3. The number of hydrogen-bond acceptors (Lipinski definition) is 5. The minimum absolute atomic E-state index is 0.0391. The van der Waals surface area contributed by atoms with E-state index in [1.807, 2.05) is 20.8 Å².